The number of rotatable bonds is 5. The summed E-state index contributed by atoms with van der Waals surface area (Å²) in [6.45, 7) is 4.08. The summed E-state index contributed by atoms with van der Waals surface area (Å²) < 4.78 is 10.1. The largest absolute Gasteiger partial charge is 0.472 e. The number of aromatic nitrogens is 2. The van der Waals surface area contributed by atoms with E-state index >= 15 is 0 Å². The average Bonchev–Trinajstić information content (AvgIpc) is 3.12. The first-order valence-electron chi connectivity index (χ1n) is 8.40. The molecule has 0 bridgehead atoms. The average molecular weight is 332 g/mol. The van der Waals surface area contributed by atoms with E-state index in [1.54, 1.807) is 19.5 Å². The molecule has 0 unspecified atom stereocenters. The molecule has 0 radical (unpaired) electrons. The molecular weight excluding hydrogens is 308 g/mol. The molecule has 1 aliphatic rings. The summed E-state index contributed by atoms with van der Waals surface area (Å²) >= 11 is 0. The van der Waals surface area contributed by atoms with Crippen LogP contribution in [0.25, 0.3) is 0 Å². The number of carbonyl (C=O) groups excluding carboxylic acids is 1. The molecule has 3 heterocycles. The monoisotopic (exact) mass is 332 g/mol. The van der Waals surface area contributed by atoms with Gasteiger partial charge in [-0.1, -0.05) is 5.16 Å². The molecule has 130 valence electrons. The number of aryl methyl sites for hydroxylation is 1. The molecular formula is C17H24N4O3. The third-order valence-electron chi connectivity index (χ3n) is 4.57. The van der Waals surface area contributed by atoms with Crippen LogP contribution in [-0.4, -0.2) is 52.0 Å². The Morgan fingerprint density at radius 1 is 1.42 bits per heavy atom. The van der Waals surface area contributed by atoms with E-state index in [1.165, 1.54) is 0 Å². The Balaban J connectivity index is 1.51. The second-order valence-electron chi connectivity index (χ2n) is 6.42. The first-order valence-corrected chi connectivity index (χ1v) is 8.40. The van der Waals surface area contributed by atoms with Crippen molar-refractivity contribution in [2.75, 3.05) is 20.1 Å². The van der Waals surface area contributed by atoms with E-state index in [2.05, 4.69) is 22.1 Å². The van der Waals surface area contributed by atoms with Gasteiger partial charge in [0.15, 0.2) is 5.82 Å². The molecule has 2 aromatic heterocycles. The molecule has 1 fully saturated rings. The van der Waals surface area contributed by atoms with Crippen molar-refractivity contribution in [2.45, 2.75) is 45.2 Å². The highest BCUT2D eigenvalue weighted by Crippen LogP contribution is 2.18. The highest BCUT2D eigenvalue weighted by molar-refractivity contribution is 5.78. The number of nitrogens with zero attached hydrogens (tertiary/aromatic N) is 4. The molecule has 0 N–H and O–H groups in total. The minimum absolute atomic E-state index is 0.175. The van der Waals surface area contributed by atoms with Gasteiger partial charge in [-0.05, 0) is 37.9 Å². The number of likely N-dealkylation sites (tertiary alicyclic amines) is 1. The Morgan fingerprint density at radius 3 is 3.00 bits per heavy atom. The molecule has 24 heavy (non-hydrogen) atoms. The van der Waals surface area contributed by atoms with Crippen molar-refractivity contribution in [1.82, 2.24) is 19.9 Å². The summed E-state index contributed by atoms with van der Waals surface area (Å²) in [5.74, 6) is 1.48. The van der Waals surface area contributed by atoms with Crippen molar-refractivity contribution in [3.05, 3.63) is 35.9 Å². The molecule has 7 nitrogen and oxygen atoms in total. The molecule has 0 aromatic carbocycles. The van der Waals surface area contributed by atoms with E-state index in [4.69, 9.17) is 8.94 Å². The summed E-state index contributed by atoms with van der Waals surface area (Å²) in [5, 5.41) is 3.96. The topological polar surface area (TPSA) is 75.6 Å². The number of furan rings is 1. The van der Waals surface area contributed by atoms with Gasteiger partial charge in [-0.2, -0.15) is 4.98 Å². The Bertz CT molecular complexity index is 653. The van der Waals surface area contributed by atoms with Crippen molar-refractivity contribution in [3.8, 4) is 0 Å². The zero-order valence-electron chi connectivity index (χ0n) is 14.3. The van der Waals surface area contributed by atoms with Gasteiger partial charge < -0.3 is 13.8 Å². The van der Waals surface area contributed by atoms with Crippen LogP contribution in [0, 0.1) is 6.92 Å². The highest BCUT2D eigenvalue weighted by atomic mass is 16.5. The SMILES string of the molecule is Cc1nc(CN(C)[C@@H]2CCCN(C(=O)Cc3ccoc3)CC2)no1. The van der Waals surface area contributed by atoms with E-state index < -0.39 is 0 Å². The van der Waals surface area contributed by atoms with Crippen LogP contribution in [0.15, 0.2) is 27.5 Å². The van der Waals surface area contributed by atoms with Crippen LogP contribution in [0.3, 0.4) is 0 Å². The molecule has 1 saturated heterocycles. The lowest BCUT2D eigenvalue weighted by atomic mass is 10.1. The van der Waals surface area contributed by atoms with Crippen molar-refractivity contribution in [1.29, 1.82) is 0 Å². The predicted octanol–water partition coefficient (Wildman–Crippen LogP) is 2.03. The summed E-state index contributed by atoms with van der Waals surface area (Å²) in [6.07, 6.45) is 6.71. The van der Waals surface area contributed by atoms with Gasteiger partial charge in [-0.3, -0.25) is 9.69 Å². The quantitative estimate of drug-likeness (QED) is 0.834. The van der Waals surface area contributed by atoms with E-state index in [0.717, 1.165) is 37.9 Å². The van der Waals surface area contributed by atoms with E-state index in [9.17, 15) is 4.79 Å². The van der Waals surface area contributed by atoms with Gasteiger partial charge in [0, 0.05) is 26.1 Å². The third-order valence-corrected chi connectivity index (χ3v) is 4.57. The van der Waals surface area contributed by atoms with Crippen LogP contribution >= 0.6 is 0 Å². The zero-order valence-corrected chi connectivity index (χ0v) is 14.3. The normalized spacial score (nSPS) is 18.8. The Kier molecular flexibility index (Phi) is 5.30. The molecule has 0 saturated carbocycles. The lowest BCUT2D eigenvalue weighted by Crippen LogP contribution is -2.35. The van der Waals surface area contributed by atoms with Gasteiger partial charge in [0.05, 0.1) is 25.5 Å². The molecule has 2 aromatic rings. The van der Waals surface area contributed by atoms with E-state index in [-0.39, 0.29) is 5.91 Å². The number of hydrogen-bond acceptors (Lipinski definition) is 6. The fourth-order valence-corrected chi connectivity index (χ4v) is 3.21. The third kappa shape index (κ3) is 4.23. The van der Waals surface area contributed by atoms with Crippen LogP contribution in [0.2, 0.25) is 0 Å². The zero-order chi connectivity index (χ0) is 16.9. The lowest BCUT2D eigenvalue weighted by molar-refractivity contribution is -0.130. The van der Waals surface area contributed by atoms with Crippen LogP contribution in [0.1, 0.15) is 36.5 Å². The van der Waals surface area contributed by atoms with Crippen molar-refractivity contribution >= 4 is 5.91 Å². The van der Waals surface area contributed by atoms with Crippen LogP contribution in [0.5, 0.6) is 0 Å². The van der Waals surface area contributed by atoms with Crippen molar-refractivity contribution in [3.63, 3.8) is 0 Å². The van der Waals surface area contributed by atoms with Crippen LogP contribution in [-0.2, 0) is 17.8 Å². The fraction of sp³-hybridized carbons (Fsp3) is 0.588. The van der Waals surface area contributed by atoms with Crippen molar-refractivity contribution < 1.29 is 13.7 Å². The molecule has 1 aliphatic heterocycles. The lowest BCUT2D eigenvalue weighted by Gasteiger charge is -2.26. The summed E-state index contributed by atoms with van der Waals surface area (Å²) in [6, 6.07) is 2.27. The molecule has 1 amide bonds. The van der Waals surface area contributed by atoms with Gasteiger partial charge >= 0.3 is 0 Å². The number of hydrogen-bond donors (Lipinski definition) is 0. The smallest absolute Gasteiger partial charge is 0.227 e. The second kappa shape index (κ2) is 7.61. The second-order valence-corrected chi connectivity index (χ2v) is 6.42. The number of amides is 1. The maximum atomic E-state index is 12.4. The standard InChI is InChI=1S/C17H24N4O3/c1-13-18-16(19-24-13)11-20(2)15-4-3-7-21(8-5-15)17(22)10-14-6-9-23-12-14/h6,9,12,15H,3-5,7-8,10-11H2,1-2H3/t15-/m1/s1. The molecule has 7 heteroatoms. The van der Waals surface area contributed by atoms with Gasteiger partial charge in [0.2, 0.25) is 11.8 Å². The predicted molar refractivity (Wildman–Crippen MR) is 87.1 cm³/mol. The first-order chi connectivity index (χ1) is 11.6. The summed E-state index contributed by atoms with van der Waals surface area (Å²) in [4.78, 5) is 20.9. The van der Waals surface area contributed by atoms with Crippen LogP contribution in [0.4, 0.5) is 0 Å². The Morgan fingerprint density at radius 2 is 2.29 bits per heavy atom. The van der Waals surface area contributed by atoms with Gasteiger partial charge in [0.1, 0.15) is 0 Å². The van der Waals surface area contributed by atoms with Gasteiger partial charge in [-0.15, -0.1) is 0 Å². The maximum Gasteiger partial charge on any atom is 0.227 e. The van der Waals surface area contributed by atoms with Gasteiger partial charge in [0.25, 0.3) is 0 Å². The minimum atomic E-state index is 0.175. The summed E-state index contributed by atoms with van der Waals surface area (Å²) in [5.41, 5.74) is 0.936. The van der Waals surface area contributed by atoms with E-state index in [0.29, 0.717) is 30.7 Å². The Hall–Kier alpha value is -2.15. The highest BCUT2D eigenvalue weighted by Gasteiger charge is 2.24. The minimum Gasteiger partial charge on any atom is -0.472 e. The first kappa shape index (κ1) is 16.7. The molecule has 0 spiro atoms. The molecule has 3 rings (SSSR count). The Labute approximate surface area is 141 Å². The van der Waals surface area contributed by atoms with Gasteiger partial charge in [-0.25, -0.2) is 0 Å². The number of carbonyl (C=O) groups is 1. The molecule has 1 atom stereocenters. The molecule has 0 aliphatic carbocycles. The summed E-state index contributed by atoms with van der Waals surface area (Å²) in [7, 11) is 2.08. The van der Waals surface area contributed by atoms with Crippen LogP contribution < -0.4 is 0 Å². The van der Waals surface area contributed by atoms with Crippen molar-refractivity contribution in [2.24, 2.45) is 0 Å². The fourth-order valence-electron chi connectivity index (χ4n) is 3.21. The maximum absolute atomic E-state index is 12.4. The van der Waals surface area contributed by atoms with E-state index in [1.807, 2.05) is 11.0 Å².